The van der Waals surface area contributed by atoms with Crippen LogP contribution in [0, 0.1) is 0 Å². The summed E-state index contributed by atoms with van der Waals surface area (Å²) in [6.07, 6.45) is 3.24. The largest absolute Gasteiger partial charge is 0.359 e. The van der Waals surface area contributed by atoms with Gasteiger partial charge in [0.1, 0.15) is 5.69 Å². The maximum Gasteiger partial charge on any atom is 0.183 e. The van der Waals surface area contributed by atoms with Gasteiger partial charge in [-0.25, -0.2) is 4.98 Å². The zero-order valence-electron chi connectivity index (χ0n) is 5.91. The van der Waals surface area contributed by atoms with Crippen molar-refractivity contribution >= 4 is 22.8 Å². The van der Waals surface area contributed by atoms with Crippen LogP contribution in [0.4, 0.5) is 5.13 Å². The van der Waals surface area contributed by atoms with Gasteiger partial charge in [-0.2, -0.15) is 0 Å². The van der Waals surface area contributed by atoms with Gasteiger partial charge >= 0.3 is 0 Å². The predicted octanol–water partition coefficient (Wildman–Crippen LogP) is 1.53. The van der Waals surface area contributed by atoms with E-state index in [2.05, 4.69) is 10.3 Å². The number of hydrogen-bond donors (Lipinski definition) is 1. The summed E-state index contributed by atoms with van der Waals surface area (Å²) in [5.74, 6) is 0. The van der Waals surface area contributed by atoms with Crippen LogP contribution in [-0.4, -0.2) is 17.3 Å². The number of carbonyl (C=O) groups excluding carboxylic acids is 1. The van der Waals surface area contributed by atoms with Crippen molar-refractivity contribution in [2.75, 3.05) is 5.32 Å². The third kappa shape index (κ3) is 1.57. The Morgan fingerprint density at radius 3 is 3.09 bits per heavy atom. The number of aldehydes is 1. The van der Waals surface area contributed by atoms with Crippen molar-refractivity contribution in [1.82, 2.24) is 4.98 Å². The Hall–Kier alpha value is -0.900. The molecule has 0 atom stereocenters. The van der Waals surface area contributed by atoms with Crippen molar-refractivity contribution in [2.24, 2.45) is 0 Å². The molecule has 11 heavy (non-hydrogen) atoms. The summed E-state index contributed by atoms with van der Waals surface area (Å²) in [6, 6.07) is 0.612. The average Bonchev–Trinajstić information content (AvgIpc) is 2.68. The molecule has 1 N–H and O–H groups in total. The van der Waals surface area contributed by atoms with E-state index >= 15 is 0 Å². The smallest absolute Gasteiger partial charge is 0.183 e. The van der Waals surface area contributed by atoms with Gasteiger partial charge in [0.25, 0.3) is 0 Å². The van der Waals surface area contributed by atoms with E-state index < -0.39 is 0 Å². The maximum atomic E-state index is 10.2. The fraction of sp³-hybridized carbons (Fsp3) is 0.429. The van der Waals surface area contributed by atoms with Crippen molar-refractivity contribution in [3.8, 4) is 0 Å². The van der Waals surface area contributed by atoms with Crippen LogP contribution in [0.3, 0.4) is 0 Å². The minimum atomic E-state index is 0.526. The van der Waals surface area contributed by atoms with E-state index in [0.717, 1.165) is 11.4 Å². The van der Waals surface area contributed by atoms with E-state index in [4.69, 9.17) is 0 Å². The molecule has 0 aliphatic heterocycles. The van der Waals surface area contributed by atoms with Crippen LogP contribution >= 0.6 is 11.3 Å². The number of nitrogens with one attached hydrogen (secondary N) is 1. The summed E-state index contributed by atoms with van der Waals surface area (Å²) < 4.78 is 0. The average molecular weight is 168 g/mol. The monoisotopic (exact) mass is 168 g/mol. The van der Waals surface area contributed by atoms with E-state index in [1.54, 1.807) is 5.38 Å². The highest BCUT2D eigenvalue weighted by Gasteiger charge is 2.21. The summed E-state index contributed by atoms with van der Waals surface area (Å²) in [7, 11) is 0. The van der Waals surface area contributed by atoms with Gasteiger partial charge in [0.15, 0.2) is 11.4 Å². The summed E-state index contributed by atoms with van der Waals surface area (Å²) in [4.78, 5) is 14.3. The number of aromatic nitrogens is 1. The van der Waals surface area contributed by atoms with Crippen LogP contribution in [0.25, 0.3) is 0 Å². The lowest BCUT2D eigenvalue weighted by Gasteiger charge is -1.94. The summed E-state index contributed by atoms with van der Waals surface area (Å²) >= 11 is 1.49. The second-order valence-electron chi connectivity index (χ2n) is 2.61. The van der Waals surface area contributed by atoms with E-state index in [0.29, 0.717) is 11.7 Å². The quantitative estimate of drug-likeness (QED) is 0.696. The molecule has 3 nitrogen and oxygen atoms in total. The Morgan fingerprint density at radius 2 is 2.55 bits per heavy atom. The van der Waals surface area contributed by atoms with Crippen LogP contribution in [0.2, 0.25) is 0 Å². The number of thiazole rings is 1. The van der Waals surface area contributed by atoms with Crippen molar-refractivity contribution < 1.29 is 4.79 Å². The molecule has 1 heterocycles. The SMILES string of the molecule is O=Cc1csc(NC2CC2)n1. The van der Waals surface area contributed by atoms with Crippen LogP contribution in [0.5, 0.6) is 0 Å². The van der Waals surface area contributed by atoms with E-state index in [-0.39, 0.29) is 0 Å². The number of rotatable bonds is 3. The van der Waals surface area contributed by atoms with E-state index in [9.17, 15) is 4.79 Å². The third-order valence-electron chi connectivity index (χ3n) is 1.55. The van der Waals surface area contributed by atoms with Gasteiger partial charge in [-0.05, 0) is 12.8 Å². The Bertz CT molecular complexity index is 267. The molecule has 1 fully saturated rings. The molecule has 0 radical (unpaired) electrons. The van der Waals surface area contributed by atoms with Crippen LogP contribution in [-0.2, 0) is 0 Å². The summed E-state index contributed by atoms with van der Waals surface area (Å²) in [6.45, 7) is 0. The highest BCUT2D eigenvalue weighted by molar-refractivity contribution is 7.13. The molecule has 4 heteroatoms. The van der Waals surface area contributed by atoms with Crippen molar-refractivity contribution in [3.63, 3.8) is 0 Å². The molecule has 0 spiro atoms. The molecule has 2 rings (SSSR count). The van der Waals surface area contributed by atoms with Gasteiger partial charge in [-0.1, -0.05) is 0 Å². The van der Waals surface area contributed by atoms with Crippen molar-refractivity contribution in [3.05, 3.63) is 11.1 Å². The Morgan fingerprint density at radius 1 is 1.73 bits per heavy atom. The molecule has 1 saturated carbocycles. The topological polar surface area (TPSA) is 42.0 Å². The molecule has 0 saturated heterocycles. The lowest BCUT2D eigenvalue weighted by atomic mass is 10.6. The fourth-order valence-electron chi connectivity index (χ4n) is 0.809. The van der Waals surface area contributed by atoms with Gasteiger partial charge in [0.2, 0.25) is 0 Å². The highest BCUT2D eigenvalue weighted by Crippen LogP contribution is 2.26. The van der Waals surface area contributed by atoms with Gasteiger partial charge in [0.05, 0.1) is 0 Å². The molecule has 1 aliphatic rings. The van der Waals surface area contributed by atoms with Gasteiger partial charge in [0, 0.05) is 11.4 Å². The number of nitrogens with zero attached hydrogens (tertiary/aromatic N) is 1. The second-order valence-corrected chi connectivity index (χ2v) is 3.47. The number of hydrogen-bond acceptors (Lipinski definition) is 4. The van der Waals surface area contributed by atoms with Gasteiger partial charge in [-0.15, -0.1) is 11.3 Å². The predicted molar refractivity (Wildman–Crippen MR) is 44.1 cm³/mol. The number of anilines is 1. The zero-order valence-corrected chi connectivity index (χ0v) is 6.73. The van der Waals surface area contributed by atoms with Crippen LogP contribution in [0.1, 0.15) is 23.3 Å². The first kappa shape index (κ1) is 6.79. The van der Waals surface area contributed by atoms with Crippen molar-refractivity contribution in [2.45, 2.75) is 18.9 Å². The fourth-order valence-corrected chi connectivity index (χ4v) is 1.54. The van der Waals surface area contributed by atoms with Crippen molar-refractivity contribution in [1.29, 1.82) is 0 Å². The minimum Gasteiger partial charge on any atom is -0.359 e. The van der Waals surface area contributed by atoms with E-state index in [1.807, 2.05) is 0 Å². The first-order valence-corrected chi connectivity index (χ1v) is 4.43. The Balaban J connectivity index is 2.05. The summed E-state index contributed by atoms with van der Waals surface area (Å²) in [5, 5.41) is 5.85. The van der Waals surface area contributed by atoms with Gasteiger partial charge < -0.3 is 5.32 Å². The standard InChI is InChI=1S/C7H8N2OS/c10-3-6-4-11-7(9-6)8-5-1-2-5/h3-5H,1-2H2,(H,8,9). The molecule has 0 aromatic carbocycles. The molecule has 0 unspecified atom stereocenters. The molecule has 1 aromatic heterocycles. The molecular formula is C7H8N2OS. The van der Waals surface area contributed by atoms with Crippen LogP contribution < -0.4 is 5.32 Å². The zero-order chi connectivity index (χ0) is 7.68. The molecule has 1 aliphatic carbocycles. The first-order valence-electron chi connectivity index (χ1n) is 3.56. The van der Waals surface area contributed by atoms with E-state index in [1.165, 1.54) is 24.2 Å². The molecule has 0 bridgehead atoms. The lowest BCUT2D eigenvalue weighted by molar-refractivity contribution is 0.111. The highest BCUT2D eigenvalue weighted by atomic mass is 32.1. The molecule has 0 amide bonds. The third-order valence-corrected chi connectivity index (χ3v) is 2.34. The Kier molecular flexibility index (Phi) is 1.62. The first-order chi connectivity index (χ1) is 5.38. The number of carbonyl (C=O) groups is 1. The molecule has 1 aromatic rings. The normalized spacial score (nSPS) is 16.4. The maximum absolute atomic E-state index is 10.2. The lowest BCUT2D eigenvalue weighted by Crippen LogP contribution is -1.99. The summed E-state index contributed by atoms with van der Waals surface area (Å²) in [5.41, 5.74) is 0.526. The second kappa shape index (κ2) is 2.62. The van der Waals surface area contributed by atoms with Crippen LogP contribution in [0.15, 0.2) is 5.38 Å². The molecular weight excluding hydrogens is 160 g/mol. The Labute approximate surface area is 68.5 Å². The minimum absolute atomic E-state index is 0.526. The molecule has 58 valence electrons. The van der Waals surface area contributed by atoms with Gasteiger partial charge in [-0.3, -0.25) is 4.79 Å².